The molecular weight excluding hydrogens is 304 g/mol. The van der Waals surface area contributed by atoms with Gasteiger partial charge in [0, 0.05) is 37.3 Å². The Balaban J connectivity index is 1.93. The third-order valence-corrected chi connectivity index (χ3v) is 3.99. The number of ketones is 1. The lowest BCUT2D eigenvalue weighted by Gasteiger charge is -2.22. The average Bonchev–Trinajstić information content (AvgIpc) is 3.11. The van der Waals surface area contributed by atoms with Crippen LogP contribution in [0.5, 0.6) is 0 Å². The van der Waals surface area contributed by atoms with Crippen LogP contribution in [0.1, 0.15) is 42.8 Å². The highest BCUT2D eigenvalue weighted by Crippen LogP contribution is 2.23. The summed E-state index contributed by atoms with van der Waals surface area (Å²) in [6.45, 7) is 8.08. The Labute approximate surface area is 142 Å². The molecule has 0 aliphatic carbocycles. The zero-order valence-corrected chi connectivity index (χ0v) is 14.5. The first-order chi connectivity index (χ1) is 11.5. The molecule has 24 heavy (non-hydrogen) atoms. The summed E-state index contributed by atoms with van der Waals surface area (Å²) in [5, 5.41) is 2.87. The number of aryl methyl sites for hydroxylation is 1. The second-order valence-electron chi connectivity index (χ2n) is 5.62. The summed E-state index contributed by atoms with van der Waals surface area (Å²) in [6, 6.07) is 9.25. The van der Waals surface area contributed by atoms with Gasteiger partial charge in [-0.2, -0.15) is 0 Å². The van der Waals surface area contributed by atoms with E-state index in [1.165, 1.54) is 6.26 Å². The molecule has 0 spiro atoms. The van der Waals surface area contributed by atoms with Crippen molar-refractivity contribution >= 4 is 23.1 Å². The Morgan fingerprint density at radius 2 is 1.88 bits per heavy atom. The van der Waals surface area contributed by atoms with Crippen molar-refractivity contribution < 1.29 is 14.0 Å². The highest BCUT2D eigenvalue weighted by molar-refractivity contribution is 5.98. The zero-order valence-electron chi connectivity index (χ0n) is 14.5. The highest BCUT2D eigenvalue weighted by atomic mass is 16.3. The summed E-state index contributed by atoms with van der Waals surface area (Å²) in [5.41, 5.74) is 2.93. The van der Waals surface area contributed by atoms with Crippen LogP contribution in [0.15, 0.2) is 41.0 Å². The van der Waals surface area contributed by atoms with Gasteiger partial charge in [-0.3, -0.25) is 9.59 Å². The Morgan fingerprint density at radius 1 is 1.12 bits per heavy atom. The molecule has 0 aliphatic heterocycles. The van der Waals surface area contributed by atoms with E-state index in [4.69, 9.17) is 4.42 Å². The molecule has 2 rings (SSSR count). The molecule has 128 valence electrons. The minimum atomic E-state index is -0.173. The van der Waals surface area contributed by atoms with Crippen LogP contribution in [-0.2, 0) is 4.79 Å². The summed E-state index contributed by atoms with van der Waals surface area (Å²) in [6.07, 6.45) is 1.72. The Bertz CT molecular complexity index is 689. The van der Waals surface area contributed by atoms with Crippen molar-refractivity contribution in [3.8, 4) is 0 Å². The number of benzene rings is 1. The van der Waals surface area contributed by atoms with Gasteiger partial charge < -0.3 is 14.6 Å². The molecule has 0 aliphatic rings. The average molecular weight is 328 g/mol. The fraction of sp³-hybridized carbons (Fsp3) is 0.368. The Kier molecular flexibility index (Phi) is 6.18. The lowest BCUT2D eigenvalue weighted by atomic mass is 10.1. The molecule has 0 saturated carbocycles. The van der Waals surface area contributed by atoms with Crippen LogP contribution >= 0.6 is 0 Å². The lowest BCUT2D eigenvalue weighted by Crippen LogP contribution is -2.22. The molecule has 0 fully saturated rings. The lowest BCUT2D eigenvalue weighted by molar-refractivity contribution is -0.116. The maximum atomic E-state index is 12.1. The van der Waals surface area contributed by atoms with Gasteiger partial charge in [0.2, 0.25) is 5.91 Å². The molecule has 0 unspecified atom stereocenters. The van der Waals surface area contributed by atoms with Gasteiger partial charge >= 0.3 is 0 Å². The molecule has 1 aromatic heterocycles. The van der Waals surface area contributed by atoms with Crippen molar-refractivity contribution in [1.29, 1.82) is 0 Å². The first-order valence-electron chi connectivity index (χ1n) is 8.27. The molecule has 1 aromatic carbocycles. The van der Waals surface area contributed by atoms with Crippen molar-refractivity contribution in [2.45, 2.75) is 33.6 Å². The number of hydrogen-bond donors (Lipinski definition) is 1. The maximum absolute atomic E-state index is 12.1. The van der Waals surface area contributed by atoms with Gasteiger partial charge in [-0.15, -0.1) is 0 Å². The van der Waals surface area contributed by atoms with Crippen molar-refractivity contribution in [3.05, 3.63) is 47.9 Å². The van der Waals surface area contributed by atoms with Crippen molar-refractivity contribution in [2.24, 2.45) is 0 Å². The van der Waals surface area contributed by atoms with Crippen LogP contribution in [0.4, 0.5) is 11.4 Å². The van der Waals surface area contributed by atoms with Gasteiger partial charge in [0.1, 0.15) is 0 Å². The number of hydrogen-bond acceptors (Lipinski definition) is 4. The summed E-state index contributed by atoms with van der Waals surface area (Å²) in [7, 11) is 0. The van der Waals surface area contributed by atoms with Crippen LogP contribution in [0.25, 0.3) is 0 Å². The third-order valence-electron chi connectivity index (χ3n) is 3.99. The third kappa shape index (κ3) is 4.47. The van der Waals surface area contributed by atoms with Gasteiger partial charge in [0.15, 0.2) is 11.5 Å². The quantitative estimate of drug-likeness (QED) is 0.743. The monoisotopic (exact) mass is 328 g/mol. The molecule has 0 bridgehead atoms. The number of nitrogens with one attached hydrogen (secondary N) is 1. The SMILES string of the molecule is CCN(CC)c1ccc(NC(=O)CCC(=O)c2ccco2)c(C)c1. The van der Waals surface area contributed by atoms with Crippen LogP contribution in [0.2, 0.25) is 0 Å². The van der Waals surface area contributed by atoms with Gasteiger partial charge in [0.25, 0.3) is 0 Å². The number of furan rings is 1. The number of anilines is 2. The second-order valence-corrected chi connectivity index (χ2v) is 5.62. The topological polar surface area (TPSA) is 62.6 Å². The number of Topliss-reactive ketones (excluding diaryl/α,β-unsaturated/α-hetero) is 1. The first kappa shape index (κ1) is 17.8. The number of nitrogens with zero attached hydrogens (tertiary/aromatic N) is 1. The summed E-state index contributed by atoms with van der Waals surface area (Å²) in [5.74, 6) is -0.0418. The van der Waals surface area contributed by atoms with E-state index in [1.54, 1.807) is 12.1 Å². The van der Waals surface area contributed by atoms with E-state index < -0.39 is 0 Å². The largest absolute Gasteiger partial charge is 0.461 e. The van der Waals surface area contributed by atoms with Crippen molar-refractivity contribution in [2.75, 3.05) is 23.3 Å². The molecular formula is C19H24N2O3. The van der Waals surface area contributed by atoms with Crippen LogP contribution < -0.4 is 10.2 Å². The summed E-state index contributed by atoms with van der Waals surface area (Å²) < 4.78 is 5.04. The predicted octanol–water partition coefficient (Wildman–Crippen LogP) is 4.04. The zero-order chi connectivity index (χ0) is 17.5. The number of carbonyl (C=O) groups is 2. The van der Waals surface area contributed by atoms with Gasteiger partial charge in [-0.05, 0) is 56.7 Å². The molecule has 0 atom stereocenters. The van der Waals surface area contributed by atoms with E-state index >= 15 is 0 Å². The number of amides is 1. The van der Waals surface area contributed by atoms with Crippen molar-refractivity contribution in [3.63, 3.8) is 0 Å². The molecule has 0 radical (unpaired) electrons. The fourth-order valence-electron chi connectivity index (χ4n) is 2.57. The van der Waals surface area contributed by atoms with Crippen molar-refractivity contribution in [1.82, 2.24) is 0 Å². The van der Waals surface area contributed by atoms with E-state index in [2.05, 4.69) is 30.1 Å². The molecule has 1 amide bonds. The van der Waals surface area contributed by atoms with Gasteiger partial charge in [-0.1, -0.05) is 0 Å². The Morgan fingerprint density at radius 3 is 2.46 bits per heavy atom. The van der Waals surface area contributed by atoms with E-state index in [0.29, 0.717) is 5.76 Å². The van der Waals surface area contributed by atoms with E-state index in [9.17, 15) is 9.59 Å². The molecule has 0 saturated heterocycles. The van der Waals surface area contributed by atoms with Gasteiger partial charge in [-0.25, -0.2) is 0 Å². The fourth-order valence-corrected chi connectivity index (χ4v) is 2.57. The summed E-state index contributed by atoms with van der Waals surface area (Å²) >= 11 is 0. The van der Waals surface area contributed by atoms with Gasteiger partial charge in [0.05, 0.1) is 6.26 Å². The molecule has 2 aromatic rings. The smallest absolute Gasteiger partial charge is 0.224 e. The molecule has 5 heteroatoms. The maximum Gasteiger partial charge on any atom is 0.224 e. The van der Waals surface area contributed by atoms with Crippen LogP contribution in [-0.4, -0.2) is 24.8 Å². The Hall–Kier alpha value is -2.56. The summed E-state index contributed by atoms with van der Waals surface area (Å²) in [4.78, 5) is 26.2. The number of carbonyl (C=O) groups excluding carboxylic acids is 2. The normalized spacial score (nSPS) is 10.5. The number of rotatable bonds is 8. The van der Waals surface area contributed by atoms with E-state index in [0.717, 1.165) is 30.0 Å². The standard InChI is InChI=1S/C19H24N2O3/c1-4-21(5-2)15-8-9-16(14(3)13-15)20-19(23)11-10-17(22)18-7-6-12-24-18/h6-9,12-13H,4-5,10-11H2,1-3H3,(H,20,23). The minimum Gasteiger partial charge on any atom is -0.461 e. The van der Waals surface area contributed by atoms with E-state index in [-0.39, 0.29) is 24.5 Å². The molecule has 1 heterocycles. The predicted molar refractivity (Wildman–Crippen MR) is 95.6 cm³/mol. The molecule has 1 N–H and O–H groups in total. The first-order valence-corrected chi connectivity index (χ1v) is 8.27. The second kappa shape index (κ2) is 8.34. The molecule has 5 nitrogen and oxygen atoms in total. The minimum absolute atomic E-state index is 0.135. The van der Waals surface area contributed by atoms with Crippen LogP contribution in [0.3, 0.4) is 0 Å². The van der Waals surface area contributed by atoms with Crippen LogP contribution in [0, 0.1) is 6.92 Å². The highest BCUT2D eigenvalue weighted by Gasteiger charge is 2.12. The van der Waals surface area contributed by atoms with E-state index in [1.807, 2.05) is 19.1 Å².